The molecule has 0 unspecified atom stereocenters. The first-order chi connectivity index (χ1) is 13.1. The predicted molar refractivity (Wildman–Crippen MR) is 96.5 cm³/mol. The molecule has 0 aliphatic rings. The van der Waals surface area contributed by atoms with E-state index in [0.717, 1.165) is 19.2 Å². The van der Waals surface area contributed by atoms with Crippen molar-refractivity contribution in [3.8, 4) is 40.1 Å². The predicted octanol–water partition coefficient (Wildman–Crippen LogP) is 2.07. The molecule has 1 aromatic heterocycles. The van der Waals surface area contributed by atoms with Gasteiger partial charge in [-0.15, -0.1) is 0 Å². The molecule has 0 saturated carbocycles. The minimum atomic E-state index is -4.94. The number of rotatable bonds is 5. The summed E-state index contributed by atoms with van der Waals surface area (Å²) in [5.74, 6) is -1.73. The van der Waals surface area contributed by atoms with Crippen LogP contribution in [0.15, 0.2) is 39.5 Å². The van der Waals surface area contributed by atoms with Crippen molar-refractivity contribution in [1.82, 2.24) is 0 Å². The van der Waals surface area contributed by atoms with E-state index in [1.54, 1.807) is 0 Å². The number of aromatic hydroxyl groups is 2. The average molecular weight is 410 g/mol. The molecule has 0 bridgehead atoms. The Bertz CT molecular complexity index is 1230. The third-order valence-corrected chi connectivity index (χ3v) is 4.17. The number of phenolic OH excluding ortho intramolecular Hbond substituents is 2. The highest BCUT2D eigenvalue weighted by Crippen LogP contribution is 2.43. The molecule has 3 rings (SSSR count). The molecule has 3 N–H and O–H groups in total. The molecular weight excluding hydrogens is 396 g/mol. The smallest absolute Gasteiger partial charge is 0.446 e. The van der Waals surface area contributed by atoms with Crippen molar-refractivity contribution in [3.63, 3.8) is 0 Å². The van der Waals surface area contributed by atoms with Gasteiger partial charge < -0.3 is 28.3 Å². The van der Waals surface area contributed by atoms with Crippen molar-refractivity contribution in [2.24, 2.45) is 0 Å². The fourth-order valence-corrected chi connectivity index (χ4v) is 2.96. The number of phenols is 2. The molecule has 0 amide bonds. The summed E-state index contributed by atoms with van der Waals surface area (Å²) in [5, 5.41) is 19.7. The third-order valence-electron chi connectivity index (χ3n) is 3.78. The third kappa shape index (κ3) is 3.52. The van der Waals surface area contributed by atoms with Crippen LogP contribution in [-0.4, -0.2) is 37.4 Å². The van der Waals surface area contributed by atoms with Crippen molar-refractivity contribution in [3.05, 3.63) is 40.6 Å². The summed E-state index contributed by atoms with van der Waals surface area (Å²) in [6.45, 7) is 0. The molecule has 11 heteroatoms. The molecule has 0 aliphatic carbocycles. The van der Waals surface area contributed by atoms with E-state index in [0.29, 0.717) is 5.56 Å². The highest BCUT2D eigenvalue weighted by atomic mass is 32.3. The Balaban J connectivity index is 2.29. The van der Waals surface area contributed by atoms with E-state index in [1.807, 2.05) is 0 Å². The second kappa shape index (κ2) is 6.94. The largest absolute Gasteiger partial charge is 0.504 e. The number of hydrogen-bond acceptors (Lipinski definition) is 9. The quantitative estimate of drug-likeness (QED) is 0.533. The van der Waals surface area contributed by atoms with E-state index in [9.17, 15) is 23.4 Å². The van der Waals surface area contributed by atoms with Gasteiger partial charge >= 0.3 is 10.4 Å². The van der Waals surface area contributed by atoms with Crippen LogP contribution >= 0.6 is 0 Å². The molecular formula is C17H14O10S. The molecule has 1 heterocycles. The van der Waals surface area contributed by atoms with Gasteiger partial charge in [0, 0.05) is 17.7 Å². The molecule has 0 fully saturated rings. The Morgan fingerprint density at radius 3 is 2.32 bits per heavy atom. The van der Waals surface area contributed by atoms with Crippen molar-refractivity contribution < 1.29 is 41.3 Å². The minimum Gasteiger partial charge on any atom is -0.504 e. The van der Waals surface area contributed by atoms with Gasteiger partial charge in [0.05, 0.1) is 14.2 Å². The van der Waals surface area contributed by atoms with Crippen LogP contribution in [0.25, 0.3) is 22.3 Å². The summed E-state index contributed by atoms with van der Waals surface area (Å²) in [7, 11) is -2.48. The van der Waals surface area contributed by atoms with Crippen LogP contribution in [0.2, 0.25) is 0 Å². The van der Waals surface area contributed by atoms with Gasteiger partial charge in [-0.25, -0.2) is 0 Å². The number of fused-ring (bicyclic) bond motifs is 1. The van der Waals surface area contributed by atoms with Gasteiger partial charge in [-0.1, -0.05) is 0 Å². The van der Waals surface area contributed by atoms with Crippen LogP contribution in [0.3, 0.4) is 0 Å². The zero-order valence-electron chi connectivity index (χ0n) is 14.5. The molecule has 10 nitrogen and oxygen atoms in total. The standard InChI is InChI=1S/C17H14O10S/c1-24-12-5-8(3-4-9(12)18)11-6-10(19)15-13(26-11)7-14(27-28(21,22)23)17(25-2)16(15)20/h3-7,18,20H,1-2H3,(H,21,22,23). The average Bonchev–Trinajstić information content (AvgIpc) is 2.60. The summed E-state index contributed by atoms with van der Waals surface area (Å²) in [4.78, 5) is 12.5. The van der Waals surface area contributed by atoms with Crippen molar-refractivity contribution >= 4 is 21.4 Å². The van der Waals surface area contributed by atoms with Gasteiger partial charge in [0.15, 0.2) is 28.4 Å². The van der Waals surface area contributed by atoms with Gasteiger partial charge in [-0.05, 0) is 18.2 Å². The molecule has 148 valence electrons. The topological polar surface area (TPSA) is 153 Å². The lowest BCUT2D eigenvalue weighted by atomic mass is 10.1. The summed E-state index contributed by atoms with van der Waals surface area (Å²) in [6.07, 6.45) is 0. The maximum Gasteiger partial charge on any atom is 0.446 e. The van der Waals surface area contributed by atoms with Gasteiger partial charge in [-0.2, -0.15) is 8.42 Å². The van der Waals surface area contributed by atoms with E-state index >= 15 is 0 Å². The normalized spacial score (nSPS) is 11.4. The van der Waals surface area contributed by atoms with E-state index in [2.05, 4.69) is 4.18 Å². The van der Waals surface area contributed by atoms with Crippen LogP contribution in [0.4, 0.5) is 0 Å². The first kappa shape index (κ1) is 19.3. The molecule has 3 aromatic rings. The second-order valence-corrected chi connectivity index (χ2v) is 6.52. The van der Waals surface area contributed by atoms with Crippen LogP contribution < -0.4 is 19.1 Å². The maximum absolute atomic E-state index is 12.5. The summed E-state index contributed by atoms with van der Waals surface area (Å²) >= 11 is 0. The Morgan fingerprint density at radius 1 is 1.00 bits per heavy atom. The molecule has 2 aromatic carbocycles. The van der Waals surface area contributed by atoms with Crippen LogP contribution in [0.1, 0.15) is 0 Å². The van der Waals surface area contributed by atoms with Crippen LogP contribution in [-0.2, 0) is 10.4 Å². The highest BCUT2D eigenvalue weighted by molar-refractivity contribution is 7.81. The fourth-order valence-electron chi connectivity index (χ4n) is 2.61. The molecule has 0 radical (unpaired) electrons. The number of benzene rings is 2. The first-order valence-corrected chi connectivity index (χ1v) is 8.93. The van der Waals surface area contributed by atoms with Gasteiger partial charge in [-0.3, -0.25) is 9.35 Å². The van der Waals surface area contributed by atoms with Gasteiger partial charge in [0.1, 0.15) is 16.7 Å². The zero-order chi connectivity index (χ0) is 20.6. The number of methoxy groups -OCH3 is 2. The van der Waals surface area contributed by atoms with Gasteiger partial charge in [0.2, 0.25) is 5.75 Å². The number of ether oxygens (including phenoxy) is 2. The second-order valence-electron chi connectivity index (χ2n) is 5.50. The van der Waals surface area contributed by atoms with E-state index in [4.69, 9.17) is 18.4 Å². The molecule has 28 heavy (non-hydrogen) atoms. The Morgan fingerprint density at radius 2 is 1.71 bits per heavy atom. The first-order valence-electron chi connectivity index (χ1n) is 7.56. The van der Waals surface area contributed by atoms with Crippen molar-refractivity contribution in [2.75, 3.05) is 14.2 Å². The van der Waals surface area contributed by atoms with Crippen molar-refractivity contribution in [2.45, 2.75) is 0 Å². The van der Waals surface area contributed by atoms with E-state index in [-0.39, 0.29) is 28.2 Å². The SMILES string of the molecule is COc1cc(-c2cc(=O)c3c(O)c(OC)c(OS(=O)(=O)O)cc3o2)ccc1O. The molecule has 0 saturated heterocycles. The molecule has 0 aliphatic heterocycles. The van der Waals surface area contributed by atoms with Gasteiger partial charge in [0.25, 0.3) is 0 Å². The molecule has 0 spiro atoms. The number of hydrogen-bond donors (Lipinski definition) is 3. The fraction of sp³-hybridized carbons (Fsp3) is 0.118. The summed E-state index contributed by atoms with van der Waals surface area (Å²) < 4.78 is 50.8. The summed E-state index contributed by atoms with van der Waals surface area (Å²) in [6, 6.07) is 6.27. The van der Waals surface area contributed by atoms with E-state index in [1.165, 1.54) is 25.3 Å². The lowest BCUT2D eigenvalue weighted by molar-refractivity contribution is 0.344. The van der Waals surface area contributed by atoms with E-state index < -0.39 is 33.1 Å². The van der Waals surface area contributed by atoms with Crippen LogP contribution in [0.5, 0.6) is 28.7 Å². The lowest BCUT2D eigenvalue weighted by Crippen LogP contribution is -2.09. The molecule has 0 atom stereocenters. The highest BCUT2D eigenvalue weighted by Gasteiger charge is 2.23. The summed E-state index contributed by atoms with van der Waals surface area (Å²) in [5.41, 5.74) is -0.523. The Hall–Kier alpha value is -3.44. The Kier molecular flexibility index (Phi) is 4.79. The zero-order valence-corrected chi connectivity index (χ0v) is 15.3. The van der Waals surface area contributed by atoms with Crippen molar-refractivity contribution in [1.29, 1.82) is 0 Å². The Labute approximate surface area is 158 Å². The lowest BCUT2D eigenvalue weighted by Gasteiger charge is -2.12. The van der Waals surface area contributed by atoms with Crippen LogP contribution in [0, 0.1) is 0 Å². The monoisotopic (exact) mass is 410 g/mol. The minimum absolute atomic E-state index is 0.0400. The maximum atomic E-state index is 12.5.